The molecule has 9 heteroatoms. The summed E-state index contributed by atoms with van der Waals surface area (Å²) in [5.41, 5.74) is 0.647. The van der Waals surface area contributed by atoms with E-state index in [2.05, 4.69) is 39.8 Å². The van der Waals surface area contributed by atoms with Gasteiger partial charge in [-0.2, -0.15) is 10.1 Å². The van der Waals surface area contributed by atoms with Gasteiger partial charge in [-0.15, -0.1) is 0 Å². The lowest BCUT2D eigenvalue weighted by molar-refractivity contribution is -0.149. The monoisotopic (exact) mass is 552 g/mol. The number of rotatable bonds is 8. The molecule has 170 valence electrons. The van der Waals surface area contributed by atoms with Crippen molar-refractivity contribution in [1.29, 1.82) is 0 Å². The molecule has 3 aliphatic rings. The molecule has 32 heavy (non-hydrogen) atoms. The van der Waals surface area contributed by atoms with Gasteiger partial charge in [0.1, 0.15) is 0 Å². The van der Waals surface area contributed by atoms with Gasteiger partial charge in [-0.3, -0.25) is 9.59 Å². The molecule has 1 saturated carbocycles. The maximum absolute atomic E-state index is 12.8. The van der Waals surface area contributed by atoms with Crippen molar-refractivity contribution in [2.24, 2.45) is 28.8 Å². The van der Waals surface area contributed by atoms with Crippen LogP contribution in [0.15, 0.2) is 29.4 Å². The number of hydrogen-bond acceptors (Lipinski definition) is 7. The first-order valence-electron chi connectivity index (χ1n) is 10.7. The van der Waals surface area contributed by atoms with Gasteiger partial charge < -0.3 is 14.2 Å². The zero-order chi connectivity index (χ0) is 23.0. The van der Waals surface area contributed by atoms with Crippen LogP contribution in [0, 0.1) is 27.2 Å². The van der Waals surface area contributed by atoms with E-state index < -0.39 is 5.97 Å². The normalized spacial score (nSPS) is 25.8. The second kappa shape index (κ2) is 9.21. The minimum Gasteiger partial charge on any atom is -0.490 e. The second-order valence-corrected chi connectivity index (χ2v) is 9.49. The predicted molar refractivity (Wildman–Crippen MR) is 124 cm³/mol. The number of benzene rings is 1. The number of hydrazone groups is 1. The van der Waals surface area contributed by atoms with Crippen LogP contribution in [0.5, 0.6) is 11.5 Å². The number of ether oxygens (including phenoxy) is 3. The summed E-state index contributed by atoms with van der Waals surface area (Å²) >= 11 is 2.08. The van der Waals surface area contributed by atoms with Gasteiger partial charge in [0.2, 0.25) is 0 Å². The van der Waals surface area contributed by atoms with Gasteiger partial charge in [0.25, 0.3) is 11.8 Å². The van der Waals surface area contributed by atoms with Crippen molar-refractivity contribution < 1.29 is 28.6 Å². The van der Waals surface area contributed by atoms with Crippen LogP contribution in [0.2, 0.25) is 0 Å². The van der Waals surface area contributed by atoms with Crippen molar-refractivity contribution in [2.45, 2.75) is 33.3 Å². The van der Waals surface area contributed by atoms with Crippen LogP contribution in [0.3, 0.4) is 0 Å². The molecule has 1 aliphatic heterocycles. The third-order valence-electron chi connectivity index (χ3n) is 5.80. The smallest absolute Gasteiger partial charge is 0.344 e. The average molecular weight is 552 g/mol. The summed E-state index contributed by atoms with van der Waals surface area (Å²) in [4.78, 5) is 37.4. The van der Waals surface area contributed by atoms with E-state index in [0.29, 0.717) is 27.2 Å². The fraction of sp³-hybridized carbons (Fsp3) is 0.478. The molecule has 2 fully saturated rings. The largest absolute Gasteiger partial charge is 0.490 e. The highest BCUT2D eigenvalue weighted by atomic mass is 127. The van der Waals surface area contributed by atoms with Crippen molar-refractivity contribution in [3.05, 3.63) is 33.4 Å². The topological polar surface area (TPSA) is 94.5 Å². The molecule has 1 saturated heterocycles. The summed E-state index contributed by atoms with van der Waals surface area (Å²) in [5, 5.41) is 5.24. The van der Waals surface area contributed by atoms with Crippen LogP contribution >= 0.6 is 22.6 Å². The Morgan fingerprint density at radius 2 is 1.84 bits per heavy atom. The first-order chi connectivity index (χ1) is 15.3. The number of esters is 1. The summed E-state index contributed by atoms with van der Waals surface area (Å²) in [7, 11) is 0. The van der Waals surface area contributed by atoms with E-state index in [9.17, 15) is 14.4 Å². The zero-order valence-corrected chi connectivity index (χ0v) is 20.3. The van der Waals surface area contributed by atoms with Crippen LogP contribution in [-0.4, -0.2) is 48.3 Å². The van der Waals surface area contributed by atoms with E-state index in [0.717, 1.165) is 11.4 Å². The van der Waals surface area contributed by atoms with Crippen LogP contribution in [0.1, 0.15) is 32.8 Å². The molecule has 1 heterocycles. The predicted octanol–water partition coefficient (Wildman–Crippen LogP) is 3.16. The molecule has 1 aromatic rings. The number of halogens is 1. The summed E-state index contributed by atoms with van der Waals surface area (Å²) in [5.74, 6) is -0.328. The Morgan fingerprint density at radius 3 is 2.44 bits per heavy atom. The Bertz CT molecular complexity index is 974. The lowest BCUT2D eigenvalue weighted by atomic mass is 9.85. The first kappa shape index (κ1) is 22.8. The number of fused-ring (bicyclic) bond motifs is 5. The Morgan fingerprint density at radius 1 is 1.19 bits per heavy atom. The van der Waals surface area contributed by atoms with Crippen molar-refractivity contribution in [3.63, 3.8) is 0 Å². The van der Waals surface area contributed by atoms with E-state index in [1.54, 1.807) is 26.0 Å². The Kier molecular flexibility index (Phi) is 6.55. The van der Waals surface area contributed by atoms with Crippen molar-refractivity contribution >= 4 is 46.6 Å². The summed E-state index contributed by atoms with van der Waals surface area (Å²) in [6.07, 6.45) is 6.24. The molecular weight excluding hydrogens is 527 g/mol. The highest BCUT2D eigenvalue weighted by Crippen LogP contribution is 2.52. The lowest BCUT2D eigenvalue weighted by Gasteiger charge is -2.15. The molecule has 1 aromatic carbocycles. The molecular formula is C23H25IN2O6. The Labute approximate surface area is 200 Å². The van der Waals surface area contributed by atoms with E-state index in [1.165, 1.54) is 6.21 Å². The number of carbonyl (C=O) groups excluding carboxylic acids is 3. The Hall–Kier alpha value is -2.43. The fourth-order valence-electron chi connectivity index (χ4n) is 4.62. The van der Waals surface area contributed by atoms with Crippen LogP contribution in [0.4, 0.5) is 0 Å². The van der Waals surface area contributed by atoms with Crippen molar-refractivity contribution in [2.75, 3.05) is 13.2 Å². The van der Waals surface area contributed by atoms with Crippen LogP contribution in [-0.2, 0) is 19.1 Å². The van der Waals surface area contributed by atoms with Gasteiger partial charge in [-0.05, 0) is 79.3 Å². The fourth-order valence-corrected chi connectivity index (χ4v) is 5.40. The molecule has 0 aromatic heterocycles. The molecule has 0 radical (unpaired) electrons. The number of hydrogen-bond donors (Lipinski definition) is 0. The highest BCUT2D eigenvalue weighted by molar-refractivity contribution is 14.1. The number of imide groups is 1. The van der Waals surface area contributed by atoms with E-state index in [-0.39, 0.29) is 48.2 Å². The molecule has 2 bridgehead atoms. The van der Waals surface area contributed by atoms with Crippen molar-refractivity contribution in [3.8, 4) is 11.5 Å². The van der Waals surface area contributed by atoms with E-state index >= 15 is 0 Å². The first-order valence-corrected chi connectivity index (χ1v) is 11.8. The van der Waals surface area contributed by atoms with Crippen LogP contribution < -0.4 is 9.47 Å². The third kappa shape index (κ3) is 4.26. The molecule has 4 rings (SSSR count). The van der Waals surface area contributed by atoms with E-state index in [1.807, 2.05) is 6.92 Å². The second-order valence-electron chi connectivity index (χ2n) is 8.32. The summed E-state index contributed by atoms with van der Waals surface area (Å²) < 4.78 is 17.1. The van der Waals surface area contributed by atoms with Gasteiger partial charge in [0, 0.05) is 0 Å². The quantitative estimate of drug-likeness (QED) is 0.162. The minimum atomic E-state index is -0.469. The van der Waals surface area contributed by atoms with Gasteiger partial charge in [0.15, 0.2) is 18.1 Å². The molecule has 0 unspecified atom stereocenters. The number of nitrogens with zero attached hydrogens (tertiary/aromatic N) is 2. The zero-order valence-electron chi connectivity index (χ0n) is 18.1. The van der Waals surface area contributed by atoms with Gasteiger partial charge >= 0.3 is 5.97 Å². The number of carbonyl (C=O) groups is 3. The number of amides is 2. The molecule has 8 nitrogen and oxygen atoms in total. The maximum Gasteiger partial charge on any atom is 0.344 e. The van der Waals surface area contributed by atoms with Gasteiger partial charge in [-0.25, -0.2) is 4.79 Å². The van der Waals surface area contributed by atoms with Gasteiger partial charge in [-0.1, -0.05) is 12.2 Å². The van der Waals surface area contributed by atoms with E-state index in [4.69, 9.17) is 14.2 Å². The SMILES string of the molecule is CCOc1cc(C=NN2C(=O)[C@@H]3[C@H](C2=O)[C@H]2C=C[C@H]3C2)cc(I)c1OCC(=O)OC(C)C. The maximum atomic E-state index is 12.8. The molecule has 2 aliphatic carbocycles. The third-order valence-corrected chi connectivity index (χ3v) is 6.60. The molecule has 0 spiro atoms. The molecule has 4 atom stereocenters. The van der Waals surface area contributed by atoms with Gasteiger partial charge in [0.05, 0.1) is 34.3 Å². The number of allylic oxidation sites excluding steroid dienone is 2. The van der Waals surface area contributed by atoms with Crippen molar-refractivity contribution in [1.82, 2.24) is 5.01 Å². The highest BCUT2D eigenvalue weighted by Gasteiger charge is 2.59. The summed E-state index contributed by atoms with van der Waals surface area (Å²) in [6, 6.07) is 3.49. The molecule has 0 N–H and O–H groups in total. The summed E-state index contributed by atoms with van der Waals surface area (Å²) in [6.45, 7) is 5.54. The lowest BCUT2D eigenvalue weighted by Crippen LogP contribution is -2.28. The molecule has 2 amide bonds. The average Bonchev–Trinajstić information content (AvgIpc) is 3.40. The minimum absolute atomic E-state index is 0.144. The van der Waals surface area contributed by atoms with Crippen LogP contribution in [0.25, 0.3) is 0 Å². The Balaban J connectivity index is 1.50. The standard InChI is InChI=1S/C23H25IN2O6/c1-4-30-17-8-13(7-16(24)21(17)31-11-18(27)32-12(2)3)10-25-26-22(28)19-14-5-6-15(9-14)20(19)23(26)29/h5-8,10,12,14-15,19-20H,4,9,11H2,1-3H3/t14-,15-,19-,20+/m0/s1.